The van der Waals surface area contributed by atoms with E-state index in [4.69, 9.17) is 0 Å². The van der Waals surface area contributed by atoms with E-state index < -0.39 is 30.8 Å². The SMILES string of the molecule is Cc1ccc(C)c(CC(O)C(C(F)(F)F)C(F)(F)F)c1. The predicted molar refractivity (Wildman–Crippen MR) is 61.2 cm³/mol. The van der Waals surface area contributed by atoms with Gasteiger partial charge in [-0.05, 0) is 31.4 Å². The lowest BCUT2D eigenvalue weighted by atomic mass is 9.92. The fourth-order valence-electron chi connectivity index (χ4n) is 1.99. The molecule has 1 nitrogen and oxygen atoms in total. The number of aliphatic hydroxyl groups excluding tert-OH is 1. The van der Waals surface area contributed by atoms with Gasteiger partial charge < -0.3 is 5.11 Å². The van der Waals surface area contributed by atoms with Gasteiger partial charge in [-0.3, -0.25) is 0 Å². The fourth-order valence-corrected chi connectivity index (χ4v) is 1.99. The summed E-state index contributed by atoms with van der Waals surface area (Å²) in [6.07, 6.45) is -14.3. The minimum Gasteiger partial charge on any atom is -0.392 e. The molecule has 1 unspecified atom stereocenters. The van der Waals surface area contributed by atoms with Crippen LogP contribution in [-0.2, 0) is 6.42 Å². The van der Waals surface area contributed by atoms with E-state index in [0.717, 1.165) is 0 Å². The molecule has 20 heavy (non-hydrogen) atoms. The average molecular weight is 300 g/mol. The summed E-state index contributed by atoms with van der Waals surface area (Å²) in [7, 11) is 0. The summed E-state index contributed by atoms with van der Waals surface area (Å²) in [4.78, 5) is 0. The molecule has 1 aromatic rings. The second kappa shape index (κ2) is 5.63. The van der Waals surface area contributed by atoms with E-state index in [0.29, 0.717) is 11.1 Å². The number of halogens is 6. The third-order valence-corrected chi connectivity index (χ3v) is 3.02. The Bertz CT molecular complexity index is 449. The molecule has 1 N–H and O–H groups in total. The lowest BCUT2D eigenvalue weighted by molar-refractivity contribution is -0.305. The predicted octanol–water partition coefficient (Wildman–Crippen LogP) is 3.95. The number of alkyl halides is 6. The molecule has 0 aliphatic carbocycles. The Balaban J connectivity index is 3.03. The van der Waals surface area contributed by atoms with Crippen LogP contribution in [0.5, 0.6) is 0 Å². The highest BCUT2D eigenvalue weighted by Crippen LogP contribution is 2.42. The van der Waals surface area contributed by atoms with Gasteiger partial charge in [0.2, 0.25) is 0 Å². The fraction of sp³-hybridized carbons (Fsp3) is 0.538. The Labute approximate surface area is 112 Å². The summed E-state index contributed by atoms with van der Waals surface area (Å²) >= 11 is 0. The van der Waals surface area contributed by atoms with Crippen LogP contribution in [0.1, 0.15) is 16.7 Å². The van der Waals surface area contributed by atoms with Crippen molar-refractivity contribution in [3.8, 4) is 0 Å². The molecule has 0 aliphatic rings. The van der Waals surface area contributed by atoms with Gasteiger partial charge in [0, 0.05) is 0 Å². The normalized spacial score (nSPS) is 14.7. The molecule has 0 aliphatic heterocycles. The van der Waals surface area contributed by atoms with Gasteiger partial charge in [0.25, 0.3) is 0 Å². The summed E-state index contributed by atoms with van der Waals surface area (Å²) in [5.41, 5.74) is 1.52. The molecule has 0 saturated heterocycles. The minimum atomic E-state index is -5.53. The maximum absolute atomic E-state index is 12.5. The van der Waals surface area contributed by atoms with E-state index in [2.05, 4.69) is 0 Å². The van der Waals surface area contributed by atoms with Gasteiger partial charge in [0.05, 0.1) is 6.10 Å². The quantitative estimate of drug-likeness (QED) is 0.838. The van der Waals surface area contributed by atoms with Crippen LogP contribution in [-0.4, -0.2) is 23.6 Å². The first-order valence-electron chi connectivity index (χ1n) is 5.80. The van der Waals surface area contributed by atoms with Crippen molar-refractivity contribution in [2.45, 2.75) is 38.7 Å². The first-order valence-corrected chi connectivity index (χ1v) is 5.80. The number of benzene rings is 1. The summed E-state index contributed by atoms with van der Waals surface area (Å²) in [6.45, 7) is 3.23. The molecular formula is C13H14F6O. The summed E-state index contributed by atoms with van der Waals surface area (Å²) < 4.78 is 74.8. The first kappa shape index (κ1) is 16.8. The molecule has 0 aromatic heterocycles. The van der Waals surface area contributed by atoms with E-state index in [9.17, 15) is 31.4 Å². The van der Waals surface area contributed by atoms with Crippen molar-refractivity contribution in [2.75, 3.05) is 0 Å². The molecule has 0 fully saturated rings. The Kier molecular flexibility index (Phi) is 4.74. The largest absolute Gasteiger partial charge is 0.403 e. The van der Waals surface area contributed by atoms with Crippen LogP contribution in [0.2, 0.25) is 0 Å². The monoisotopic (exact) mass is 300 g/mol. The van der Waals surface area contributed by atoms with Crippen LogP contribution in [0.25, 0.3) is 0 Å². The molecule has 1 aromatic carbocycles. The highest BCUT2D eigenvalue weighted by atomic mass is 19.4. The van der Waals surface area contributed by atoms with Crippen molar-refractivity contribution in [3.05, 3.63) is 34.9 Å². The van der Waals surface area contributed by atoms with E-state index in [1.165, 1.54) is 6.07 Å². The van der Waals surface area contributed by atoms with E-state index >= 15 is 0 Å². The maximum atomic E-state index is 12.5. The number of aliphatic hydroxyl groups is 1. The minimum absolute atomic E-state index is 0.274. The van der Waals surface area contributed by atoms with Crippen LogP contribution in [0.15, 0.2) is 18.2 Å². The van der Waals surface area contributed by atoms with E-state index in [-0.39, 0.29) is 5.56 Å². The second-order valence-electron chi connectivity index (χ2n) is 4.76. The molecule has 0 radical (unpaired) electrons. The molecule has 0 amide bonds. The van der Waals surface area contributed by atoms with Crippen LogP contribution in [0.4, 0.5) is 26.3 Å². The van der Waals surface area contributed by atoms with E-state index in [1.807, 2.05) is 0 Å². The number of hydrogen-bond donors (Lipinski definition) is 1. The van der Waals surface area contributed by atoms with Gasteiger partial charge in [-0.1, -0.05) is 23.8 Å². The molecule has 0 heterocycles. The van der Waals surface area contributed by atoms with Crippen LogP contribution < -0.4 is 0 Å². The Morgan fingerprint density at radius 2 is 1.50 bits per heavy atom. The zero-order valence-corrected chi connectivity index (χ0v) is 10.8. The molecule has 1 rings (SSSR count). The first-order chi connectivity index (χ1) is 8.93. The maximum Gasteiger partial charge on any atom is 0.403 e. The number of hydrogen-bond acceptors (Lipinski definition) is 1. The third kappa shape index (κ3) is 4.13. The standard InChI is InChI=1S/C13H14F6O/c1-7-3-4-8(2)9(5-7)6-10(20)11(12(14,15)16)13(17,18)19/h3-5,10-11,20H,6H2,1-2H3. The highest BCUT2D eigenvalue weighted by molar-refractivity contribution is 5.31. The Hall–Kier alpha value is -1.24. The molecule has 0 spiro atoms. The van der Waals surface area contributed by atoms with Crippen molar-refractivity contribution < 1.29 is 31.4 Å². The summed E-state index contributed by atoms with van der Waals surface area (Å²) in [5, 5.41) is 9.41. The summed E-state index contributed by atoms with van der Waals surface area (Å²) in [5.74, 6) is -3.74. The smallest absolute Gasteiger partial charge is 0.392 e. The van der Waals surface area contributed by atoms with Crippen molar-refractivity contribution >= 4 is 0 Å². The lowest BCUT2D eigenvalue weighted by Crippen LogP contribution is -2.45. The molecule has 0 bridgehead atoms. The van der Waals surface area contributed by atoms with Crippen LogP contribution in [0, 0.1) is 19.8 Å². The molecular weight excluding hydrogens is 286 g/mol. The second-order valence-corrected chi connectivity index (χ2v) is 4.76. The van der Waals surface area contributed by atoms with Crippen molar-refractivity contribution in [2.24, 2.45) is 5.92 Å². The topological polar surface area (TPSA) is 20.2 Å². The highest BCUT2D eigenvalue weighted by Gasteiger charge is 2.59. The average Bonchev–Trinajstić information content (AvgIpc) is 2.18. The summed E-state index contributed by atoms with van der Waals surface area (Å²) in [6, 6.07) is 4.76. The Morgan fingerprint density at radius 1 is 1.00 bits per heavy atom. The number of aryl methyl sites for hydroxylation is 2. The number of rotatable bonds is 3. The van der Waals surface area contributed by atoms with E-state index in [1.54, 1.807) is 26.0 Å². The van der Waals surface area contributed by atoms with Crippen molar-refractivity contribution in [1.29, 1.82) is 0 Å². The van der Waals surface area contributed by atoms with Crippen molar-refractivity contribution in [1.82, 2.24) is 0 Å². The molecule has 114 valence electrons. The van der Waals surface area contributed by atoms with Crippen LogP contribution >= 0.6 is 0 Å². The van der Waals surface area contributed by atoms with Gasteiger partial charge in [-0.25, -0.2) is 0 Å². The zero-order chi connectivity index (χ0) is 15.7. The molecule has 0 saturated carbocycles. The van der Waals surface area contributed by atoms with Gasteiger partial charge >= 0.3 is 12.4 Å². The third-order valence-electron chi connectivity index (χ3n) is 3.02. The van der Waals surface area contributed by atoms with Gasteiger partial charge in [-0.2, -0.15) is 26.3 Å². The molecule has 7 heteroatoms. The molecule has 1 atom stereocenters. The van der Waals surface area contributed by atoms with Gasteiger partial charge in [-0.15, -0.1) is 0 Å². The van der Waals surface area contributed by atoms with Gasteiger partial charge in [0.1, 0.15) is 0 Å². The van der Waals surface area contributed by atoms with Crippen LogP contribution in [0.3, 0.4) is 0 Å². The van der Waals surface area contributed by atoms with Crippen molar-refractivity contribution in [3.63, 3.8) is 0 Å². The Morgan fingerprint density at radius 3 is 1.95 bits per heavy atom. The zero-order valence-electron chi connectivity index (χ0n) is 10.8. The lowest BCUT2D eigenvalue weighted by Gasteiger charge is -2.27. The van der Waals surface area contributed by atoms with Gasteiger partial charge in [0.15, 0.2) is 5.92 Å².